The number of fused-ring (bicyclic) bond motifs is 3. The first kappa shape index (κ1) is 21.6. The maximum absolute atomic E-state index is 6.76. The van der Waals surface area contributed by atoms with E-state index >= 15 is 0 Å². The number of aromatic amines is 1. The number of anilines is 2. The molecular formula is C24H26ClN9S. The first-order valence-corrected chi connectivity index (χ1v) is 13.2. The lowest BCUT2D eigenvalue weighted by atomic mass is 10.1. The first-order valence-electron chi connectivity index (χ1n) is 12.0. The second-order valence-corrected chi connectivity index (χ2v) is 11.2. The van der Waals surface area contributed by atoms with Crippen LogP contribution in [-0.4, -0.2) is 63.2 Å². The van der Waals surface area contributed by atoms with Gasteiger partial charge in [0.2, 0.25) is 0 Å². The fourth-order valence-electron chi connectivity index (χ4n) is 5.34. The Kier molecular flexibility index (Phi) is 4.89. The molecule has 0 spiro atoms. The van der Waals surface area contributed by atoms with Crippen molar-refractivity contribution in [2.24, 2.45) is 23.3 Å². The van der Waals surface area contributed by atoms with Gasteiger partial charge in [0.05, 0.1) is 27.6 Å². The van der Waals surface area contributed by atoms with Crippen molar-refractivity contribution in [3.63, 3.8) is 0 Å². The third-order valence-electron chi connectivity index (χ3n) is 7.48. The van der Waals surface area contributed by atoms with Gasteiger partial charge in [-0.3, -0.25) is 4.98 Å². The topological polar surface area (TPSA) is 126 Å². The summed E-state index contributed by atoms with van der Waals surface area (Å²) in [5, 5.41) is 2.31. The van der Waals surface area contributed by atoms with Crippen LogP contribution in [0, 0.1) is 11.8 Å². The van der Waals surface area contributed by atoms with Gasteiger partial charge in [-0.05, 0) is 48.2 Å². The van der Waals surface area contributed by atoms with E-state index in [1.807, 2.05) is 24.4 Å². The molecule has 1 saturated carbocycles. The monoisotopic (exact) mass is 507 g/mol. The first-order chi connectivity index (χ1) is 17.0. The van der Waals surface area contributed by atoms with Gasteiger partial charge < -0.3 is 26.3 Å². The number of nitrogens with one attached hydrogen (secondary N) is 1. The van der Waals surface area contributed by atoms with Crippen molar-refractivity contribution in [2.75, 3.05) is 36.0 Å². The predicted octanol–water partition coefficient (Wildman–Crippen LogP) is 2.81. The zero-order chi connectivity index (χ0) is 23.8. The zero-order valence-electron chi connectivity index (χ0n) is 19.3. The van der Waals surface area contributed by atoms with E-state index in [-0.39, 0.29) is 6.04 Å². The minimum absolute atomic E-state index is 0.222. The third-order valence-corrected chi connectivity index (χ3v) is 8.75. The van der Waals surface area contributed by atoms with E-state index in [4.69, 9.17) is 38.0 Å². The average Bonchev–Trinajstić information content (AvgIpc) is 3.16. The van der Waals surface area contributed by atoms with Crippen LogP contribution in [0.25, 0.3) is 22.1 Å². The van der Waals surface area contributed by atoms with Gasteiger partial charge in [-0.2, -0.15) is 0 Å². The van der Waals surface area contributed by atoms with Crippen molar-refractivity contribution in [1.82, 2.24) is 24.9 Å². The van der Waals surface area contributed by atoms with Crippen LogP contribution in [0.4, 0.5) is 11.6 Å². The van der Waals surface area contributed by atoms with Crippen LogP contribution in [0.5, 0.6) is 0 Å². The molecule has 1 aliphatic carbocycles. The largest absolute Gasteiger partial charge is 0.355 e. The van der Waals surface area contributed by atoms with Crippen LogP contribution in [0.1, 0.15) is 12.6 Å². The average molecular weight is 508 g/mol. The number of hydrogen-bond donors (Lipinski definition) is 3. The van der Waals surface area contributed by atoms with Crippen LogP contribution in [0.2, 0.25) is 5.02 Å². The fraction of sp³-hybridized carbons (Fsp3) is 0.417. The molecule has 3 aromatic heterocycles. The number of aromatic nitrogens is 5. The van der Waals surface area contributed by atoms with Crippen molar-refractivity contribution in [3.05, 3.63) is 35.1 Å². The number of nitrogens with two attached hydrogens (primary N) is 2. The Morgan fingerprint density at radius 1 is 1.06 bits per heavy atom. The molecular weight excluding hydrogens is 482 g/mol. The lowest BCUT2D eigenvalue weighted by molar-refractivity contribution is 0.514. The summed E-state index contributed by atoms with van der Waals surface area (Å²) in [6, 6.07) is 6.63. The van der Waals surface area contributed by atoms with Crippen LogP contribution in [0.15, 0.2) is 34.4 Å². The molecule has 2 aliphatic heterocycles. The van der Waals surface area contributed by atoms with E-state index in [2.05, 4.69) is 26.7 Å². The number of halogens is 1. The molecule has 3 atom stereocenters. The van der Waals surface area contributed by atoms with E-state index in [1.165, 1.54) is 11.8 Å². The molecule has 3 aliphatic rings. The number of benzene rings is 1. The quantitative estimate of drug-likeness (QED) is 0.349. The van der Waals surface area contributed by atoms with E-state index in [9.17, 15) is 0 Å². The van der Waals surface area contributed by atoms with Crippen LogP contribution >= 0.6 is 23.4 Å². The molecule has 0 bridgehead atoms. The van der Waals surface area contributed by atoms with E-state index in [0.717, 1.165) is 81.9 Å². The van der Waals surface area contributed by atoms with Crippen molar-refractivity contribution < 1.29 is 0 Å². The highest BCUT2D eigenvalue weighted by atomic mass is 35.5. The van der Waals surface area contributed by atoms with E-state index in [1.54, 1.807) is 0 Å². The number of nitrogens with zero attached hydrogens (tertiary/aromatic N) is 6. The number of piperidine rings is 1. The molecule has 4 aromatic rings. The van der Waals surface area contributed by atoms with Gasteiger partial charge in [0.15, 0.2) is 5.16 Å². The second kappa shape index (κ2) is 7.92. The summed E-state index contributed by atoms with van der Waals surface area (Å²) in [5.74, 6) is 2.87. The molecule has 5 heterocycles. The number of hydrogen-bond acceptors (Lipinski definition) is 9. The lowest BCUT2D eigenvalue weighted by Crippen LogP contribution is -2.56. The smallest absolute Gasteiger partial charge is 0.196 e. The number of H-pyrrole nitrogens is 1. The van der Waals surface area contributed by atoms with Gasteiger partial charge >= 0.3 is 0 Å². The second-order valence-electron chi connectivity index (χ2n) is 9.78. The zero-order valence-corrected chi connectivity index (χ0v) is 20.9. The summed E-state index contributed by atoms with van der Waals surface area (Å²) >= 11 is 8.28. The Bertz CT molecular complexity index is 1450. The highest BCUT2D eigenvalue weighted by Crippen LogP contribution is 2.47. The van der Waals surface area contributed by atoms with Crippen molar-refractivity contribution in [1.29, 1.82) is 0 Å². The molecule has 9 nitrogen and oxygen atoms in total. The number of rotatable bonds is 5. The molecule has 0 radical (unpaired) electrons. The molecule has 11 heteroatoms. The Labute approximate surface area is 211 Å². The lowest BCUT2D eigenvalue weighted by Gasteiger charge is -2.37. The highest BCUT2D eigenvalue weighted by Gasteiger charge is 2.54. The Balaban J connectivity index is 1.22. The Morgan fingerprint density at radius 3 is 2.60 bits per heavy atom. The summed E-state index contributed by atoms with van der Waals surface area (Å²) in [6.07, 6.45) is 2.63. The van der Waals surface area contributed by atoms with Gasteiger partial charge in [-0.25, -0.2) is 15.0 Å². The van der Waals surface area contributed by atoms with E-state index in [0.29, 0.717) is 23.0 Å². The summed E-state index contributed by atoms with van der Waals surface area (Å²) in [6.45, 7) is 5.56. The van der Waals surface area contributed by atoms with Crippen LogP contribution in [0.3, 0.4) is 0 Å². The minimum Gasteiger partial charge on any atom is -0.355 e. The molecule has 7 rings (SSSR count). The van der Waals surface area contributed by atoms with Crippen molar-refractivity contribution >= 4 is 57.1 Å². The summed E-state index contributed by atoms with van der Waals surface area (Å²) in [4.78, 5) is 28.1. The number of aryl methyl sites for hydroxylation is 1. The summed E-state index contributed by atoms with van der Waals surface area (Å²) in [5.41, 5.74) is 15.6. The van der Waals surface area contributed by atoms with Crippen LogP contribution in [-0.2, 0) is 6.42 Å². The molecule has 1 unspecified atom stereocenters. The SMILES string of the molecule is CCc1[nH]c2nc(Sc3ccc4nc(N5CC(N)C5)cnc4c3)nc(N3C[C@@H]4C(N)[C@@H]4C3)c2c1Cl. The van der Waals surface area contributed by atoms with Gasteiger partial charge in [0, 0.05) is 48.9 Å². The highest BCUT2D eigenvalue weighted by molar-refractivity contribution is 7.99. The molecule has 2 saturated heterocycles. The standard InChI is InChI=1S/C24H26ClN9S/c1-2-15-20(25)19-22(30-15)31-24(32-23(19)34-9-13-14(10-34)21(13)27)35-12-3-4-16-17(5-12)28-6-18(29-16)33-7-11(26)8-33/h3-6,11,13-14,21H,2,7-10,26-27H2,1H3,(H,30,31,32)/t13-,14+,21?. The Hall–Kier alpha value is -2.66. The Morgan fingerprint density at radius 2 is 1.86 bits per heavy atom. The van der Waals surface area contributed by atoms with Crippen LogP contribution < -0.4 is 21.3 Å². The van der Waals surface area contributed by atoms with Gasteiger partial charge in [0.25, 0.3) is 0 Å². The maximum atomic E-state index is 6.76. The normalized spacial score (nSPS) is 23.8. The minimum atomic E-state index is 0.222. The van der Waals surface area contributed by atoms with Gasteiger partial charge in [0.1, 0.15) is 17.3 Å². The molecule has 0 amide bonds. The molecule has 35 heavy (non-hydrogen) atoms. The predicted molar refractivity (Wildman–Crippen MR) is 139 cm³/mol. The molecule has 1 aromatic carbocycles. The van der Waals surface area contributed by atoms with Crippen molar-refractivity contribution in [2.45, 2.75) is 35.5 Å². The summed E-state index contributed by atoms with van der Waals surface area (Å²) < 4.78 is 0. The molecule has 3 fully saturated rings. The van der Waals surface area contributed by atoms with Crippen molar-refractivity contribution in [3.8, 4) is 0 Å². The van der Waals surface area contributed by atoms with E-state index < -0.39 is 0 Å². The fourth-order valence-corrected chi connectivity index (χ4v) is 6.48. The third kappa shape index (κ3) is 3.54. The maximum Gasteiger partial charge on any atom is 0.196 e. The molecule has 5 N–H and O–H groups in total. The van der Waals surface area contributed by atoms with Gasteiger partial charge in [-0.15, -0.1) is 0 Å². The summed E-state index contributed by atoms with van der Waals surface area (Å²) in [7, 11) is 0. The van der Waals surface area contributed by atoms with Gasteiger partial charge in [-0.1, -0.05) is 18.5 Å². The molecule has 180 valence electrons.